The van der Waals surface area contributed by atoms with Crippen LogP contribution in [0.3, 0.4) is 0 Å². The predicted molar refractivity (Wildman–Crippen MR) is 281 cm³/mol. The molecule has 0 spiro atoms. The van der Waals surface area contributed by atoms with Gasteiger partial charge in [0.15, 0.2) is 0 Å². The third-order valence-corrected chi connectivity index (χ3v) is 14.0. The van der Waals surface area contributed by atoms with Crippen molar-refractivity contribution in [1.82, 2.24) is 0 Å². The van der Waals surface area contributed by atoms with Gasteiger partial charge in [0.2, 0.25) is 11.4 Å². The zero-order valence-corrected chi connectivity index (χ0v) is 43.1. The summed E-state index contributed by atoms with van der Waals surface area (Å²) in [5.41, 5.74) is 29.8. The first kappa shape index (κ1) is 54.6. The van der Waals surface area contributed by atoms with Crippen LogP contribution in [0.1, 0.15) is 286 Å². The maximum atomic E-state index is 13.1. The van der Waals surface area contributed by atoms with Crippen molar-refractivity contribution in [1.29, 1.82) is 0 Å². The highest BCUT2D eigenvalue weighted by Crippen LogP contribution is 2.45. The molecule has 0 saturated carbocycles. The first-order chi connectivity index (χ1) is 30.9. The number of allylic oxidation sites excluding steroid dienone is 4. The third-order valence-electron chi connectivity index (χ3n) is 14.0. The Balaban J connectivity index is 2.36. The second kappa shape index (κ2) is 33.7. The van der Waals surface area contributed by atoms with Gasteiger partial charge in [0.05, 0.1) is 5.57 Å². The average Bonchev–Trinajstić information content (AvgIpc) is 3.56. The zero-order chi connectivity index (χ0) is 45.5. The molecule has 1 aliphatic rings. The number of hydrogen-bond donors (Lipinski definition) is 0. The fraction of sp³-hybridized carbons (Fsp3) is 0.705. The molecule has 1 heterocycles. The third kappa shape index (κ3) is 18.6. The van der Waals surface area contributed by atoms with Crippen LogP contribution in [0.15, 0.2) is 47.6 Å². The highest BCUT2D eigenvalue weighted by molar-refractivity contribution is 5.85. The molecule has 2 aromatic carbocycles. The standard InChI is InChI=1S/C61H100N2/c1-9-17-25-32-38-50-46-54(47-51(39-33-26-18-10-2)56(50)43-36-29-21-13-5)60-58(42-24-16-8)59(45-31-23-15-7)61(63(60)62)55-48-52(40-34-27-19-11-3)57(44-37-30-22-14-6)53(49-55)41-35-28-20-12-4/h31,45-49H,9-30,32-44H2,1-8H3. The number of aryl methyl sites for hydroxylation is 4. The molecule has 2 heteroatoms. The molecule has 0 N–H and O–H groups in total. The fourth-order valence-electron chi connectivity index (χ4n) is 10.2. The number of unbranched alkanes of at least 4 members (excludes halogenated alkanes) is 20. The molecular weight excluding hydrogens is 761 g/mol. The Bertz CT molecular complexity index is 1600. The molecule has 3 rings (SSSR count). The summed E-state index contributed by atoms with van der Waals surface area (Å²) in [5.74, 6) is 0. The minimum absolute atomic E-state index is 0.984. The predicted octanol–water partition coefficient (Wildman–Crippen LogP) is 20.1. The van der Waals surface area contributed by atoms with Crippen molar-refractivity contribution < 1.29 is 4.70 Å². The summed E-state index contributed by atoms with van der Waals surface area (Å²) in [4.78, 5) is 0. The lowest BCUT2D eigenvalue weighted by molar-refractivity contribution is -0.345. The SMILES string of the molecule is CCCC=CC1=C(c2cc(CCCCCC)c(CCCCCC)c(CCCCCC)c2)[N+](=[N-])C(c2cc(CCCCCC)c(CCCCCC)c(CCCCCC)c2)=C1CCCC. The first-order valence-electron chi connectivity index (χ1n) is 27.9. The highest BCUT2D eigenvalue weighted by Gasteiger charge is 2.36. The Labute approximate surface area is 392 Å². The number of nitrogens with zero attached hydrogens (tertiary/aromatic N) is 2. The maximum absolute atomic E-state index is 13.1. The summed E-state index contributed by atoms with van der Waals surface area (Å²) in [6.45, 7) is 18.6. The van der Waals surface area contributed by atoms with Crippen LogP contribution in [0.4, 0.5) is 0 Å². The molecular formula is C61H100N2. The Morgan fingerprint density at radius 1 is 0.365 bits per heavy atom. The summed E-state index contributed by atoms with van der Waals surface area (Å²) in [7, 11) is 0. The lowest BCUT2D eigenvalue weighted by Gasteiger charge is -2.20. The quantitative estimate of drug-likeness (QED) is 0.0475. The van der Waals surface area contributed by atoms with E-state index in [0.717, 1.165) is 69.2 Å². The summed E-state index contributed by atoms with van der Waals surface area (Å²) in [6.07, 6.45) is 48.1. The molecule has 0 aromatic heterocycles. The summed E-state index contributed by atoms with van der Waals surface area (Å²) >= 11 is 0. The van der Waals surface area contributed by atoms with Crippen LogP contribution in [-0.2, 0) is 38.5 Å². The van der Waals surface area contributed by atoms with E-state index in [4.69, 9.17) is 0 Å². The van der Waals surface area contributed by atoms with Crippen molar-refractivity contribution in [3.8, 4) is 0 Å². The monoisotopic (exact) mass is 861 g/mol. The van der Waals surface area contributed by atoms with E-state index in [1.807, 2.05) is 0 Å². The first-order valence-corrected chi connectivity index (χ1v) is 27.9. The van der Waals surface area contributed by atoms with Crippen molar-refractivity contribution in [2.24, 2.45) is 0 Å². The normalized spacial score (nSPS) is 13.2. The van der Waals surface area contributed by atoms with Gasteiger partial charge < -0.3 is 5.53 Å². The number of benzene rings is 2. The molecule has 0 atom stereocenters. The van der Waals surface area contributed by atoms with E-state index in [2.05, 4.69) is 91.8 Å². The van der Waals surface area contributed by atoms with Crippen molar-refractivity contribution >= 4 is 11.4 Å². The molecule has 0 radical (unpaired) electrons. The van der Waals surface area contributed by atoms with Gasteiger partial charge in [-0.2, -0.15) is 0 Å². The van der Waals surface area contributed by atoms with Gasteiger partial charge in [-0.05, 0) is 154 Å². The van der Waals surface area contributed by atoms with Crippen molar-refractivity contribution in [2.45, 2.75) is 280 Å². The molecule has 0 aliphatic carbocycles. The van der Waals surface area contributed by atoms with E-state index in [1.165, 1.54) is 189 Å². The molecule has 63 heavy (non-hydrogen) atoms. The summed E-state index contributed by atoms with van der Waals surface area (Å²) in [5, 5.41) is 0. The van der Waals surface area contributed by atoms with Gasteiger partial charge in [-0.25, -0.2) is 4.70 Å². The molecule has 2 aromatic rings. The number of rotatable bonds is 38. The van der Waals surface area contributed by atoms with E-state index >= 15 is 0 Å². The van der Waals surface area contributed by atoms with Gasteiger partial charge in [0, 0.05) is 16.7 Å². The van der Waals surface area contributed by atoms with E-state index in [1.54, 1.807) is 38.1 Å². The van der Waals surface area contributed by atoms with E-state index < -0.39 is 0 Å². The summed E-state index contributed by atoms with van der Waals surface area (Å²) < 4.78 is 1.71. The van der Waals surface area contributed by atoms with Crippen LogP contribution in [0.5, 0.6) is 0 Å². The Kier molecular flexibility index (Phi) is 29.2. The highest BCUT2D eigenvalue weighted by atomic mass is 15.2. The smallest absolute Gasteiger partial charge is 0.215 e. The minimum atomic E-state index is 0.984. The Morgan fingerprint density at radius 3 is 1.03 bits per heavy atom. The van der Waals surface area contributed by atoms with Crippen LogP contribution >= 0.6 is 0 Å². The molecule has 354 valence electrons. The van der Waals surface area contributed by atoms with Crippen LogP contribution in [0.2, 0.25) is 0 Å². The largest absolute Gasteiger partial charge is 0.493 e. The van der Waals surface area contributed by atoms with Crippen LogP contribution in [0.25, 0.3) is 16.9 Å². The Morgan fingerprint density at radius 2 is 0.698 bits per heavy atom. The van der Waals surface area contributed by atoms with Gasteiger partial charge in [-0.1, -0.05) is 196 Å². The second-order valence-corrected chi connectivity index (χ2v) is 19.6. The molecule has 0 fully saturated rings. The summed E-state index contributed by atoms with van der Waals surface area (Å²) in [6, 6.07) is 10.2. The van der Waals surface area contributed by atoms with Crippen molar-refractivity contribution in [3.05, 3.63) is 97.6 Å². The van der Waals surface area contributed by atoms with Gasteiger partial charge in [-0.3, -0.25) is 0 Å². The zero-order valence-electron chi connectivity index (χ0n) is 43.1. The lowest BCUT2D eigenvalue weighted by Crippen LogP contribution is -2.09. The van der Waals surface area contributed by atoms with Crippen LogP contribution in [-0.4, -0.2) is 4.70 Å². The van der Waals surface area contributed by atoms with E-state index in [-0.39, 0.29) is 0 Å². The second-order valence-electron chi connectivity index (χ2n) is 19.6. The minimum Gasteiger partial charge on any atom is -0.493 e. The number of hydrogen-bond acceptors (Lipinski definition) is 0. The topological polar surface area (TPSA) is 25.3 Å². The molecule has 0 saturated heterocycles. The van der Waals surface area contributed by atoms with Gasteiger partial charge >= 0.3 is 0 Å². The molecule has 0 bridgehead atoms. The van der Waals surface area contributed by atoms with Gasteiger partial charge in [0.25, 0.3) is 0 Å². The lowest BCUT2D eigenvalue weighted by atomic mass is 9.86. The fourth-order valence-corrected chi connectivity index (χ4v) is 10.2. The van der Waals surface area contributed by atoms with E-state index in [0.29, 0.717) is 0 Å². The van der Waals surface area contributed by atoms with Crippen molar-refractivity contribution in [3.63, 3.8) is 0 Å². The molecule has 0 amide bonds. The van der Waals surface area contributed by atoms with Crippen molar-refractivity contribution in [2.75, 3.05) is 0 Å². The molecule has 1 aliphatic heterocycles. The van der Waals surface area contributed by atoms with E-state index in [9.17, 15) is 5.53 Å². The van der Waals surface area contributed by atoms with Gasteiger partial charge in [0.1, 0.15) is 0 Å². The molecule has 2 nitrogen and oxygen atoms in total. The van der Waals surface area contributed by atoms with Gasteiger partial charge in [-0.15, -0.1) is 0 Å². The van der Waals surface area contributed by atoms with Crippen LogP contribution in [0, 0.1) is 0 Å². The maximum Gasteiger partial charge on any atom is 0.215 e. The molecule has 0 unspecified atom stereocenters. The Hall–Kier alpha value is -2.74. The van der Waals surface area contributed by atoms with Crippen LogP contribution < -0.4 is 0 Å². The average molecular weight is 861 g/mol.